The molecular formula is C9H9BrOS2. The first-order chi connectivity index (χ1) is 6.27. The third-order valence-corrected chi connectivity index (χ3v) is 5.43. The minimum Gasteiger partial charge on any atom is -0.508 e. The molecule has 13 heavy (non-hydrogen) atoms. The second-order valence-corrected chi connectivity index (χ2v) is 6.42. The van der Waals surface area contributed by atoms with Crippen molar-refractivity contribution >= 4 is 39.5 Å². The van der Waals surface area contributed by atoms with E-state index in [2.05, 4.69) is 15.9 Å². The van der Waals surface area contributed by atoms with Crippen LogP contribution in [0, 0.1) is 0 Å². The third-order valence-electron chi connectivity index (χ3n) is 1.87. The van der Waals surface area contributed by atoms with E-state index in [-0.39, 0.29) is 0 Å². The number of phenolic OH excluding ortho intramolecular Hbond substituents is 1. The topological polar surface area (TPSA) is 20.2 Å². The molecule has 1 saturated heterocycles. The molecule has 0 amide bonds. The van der Waals surface area contributed by atoms with Crippen molar-refractivity contribution in [3.05, 3.63) is 28.2 Å². The van der Waals surface area contributed by atoms with E-state index in [1.54, 1.807) is 6.07 Å². The Kier molecular flexibility index (Phi) is 3.11. The molecule has 1 fully saturated rings. The van der Waals surface area contributed by atoms with Crippen LogP contribution < -0.4 is 0 Å². The zero-order chi connectivity index (χ0) is 9.26. The van der Waals surface area contributed by atoms with Gasteiger partial charge in [-0.2, -0.15) is 0 Å². The Morgan fingerprint density at radius 2 is 2.00 bits per heavy atom. The molecule has 0 saturated carbocycles. The summed E-state index contributed by atoms with van der Waals surface area (Å²) in [6.07, 6.45) is 0. The number of halogens is 1. The number of hydrogen-bond acceptors (Lipinski definition) is 3. The molecule has 0 spiro atoms. The Labute approximate surface area is 94.4 Å². The maximum atomic E-state index is 9.65. The third kappa shape index (κ3) is 2.17. The van der Waals surface area contributed by atoms with Gasteiger partial charge in [-0.05, 0) is 18.2 Å². The molecule has 0 unspecified atom stereocenters. The zero-order valence-corrected chi connectivity index (χ0v) is 10.1. The Balaban J connectivity index is 2.32. The number of aromatic hydroxyl groups is 1. The Morgan fingerprint density at radius 3 is 2.69 bits per heavy atom. The molecule has 0 atom stereocenters. The van der Waals surface area contributed by atoms with Gasteiger partial charge in [0.05, 0.1) is 4.58 Å². The standard InChI is InChI=1S/C9H9BrOS2/c10-6-1-2-8(11)7(5-6)9-12-3-4-13-9/h1-2,5,9,11H,3-4H2. The van der Waals surface area contributed by atoms with E-state index in [0.717, 1.165) is 10.0 Å². The van der Waals surface area contributed by atoms with Gasteiger partial charge < -0.3 is 5.11 Å². The number of rotatable bonds is 1. The highest BCUT2D eigenvalue weighted by atomic mass is 79.9. The van der Waals surface area contributed by atoms with E-state index in [0.29, 0.717) is 10.3 Å². The predicted molar refractivity (Wildman–Crippen MR) is 63.5 cm³/mol. The van der Waals surface area contributed by atoms with Crippen molar-refractivity contribution in [1.82, 2.24) is 0 Å². The van der Waals surface area contributed by atoms with Crippen molar-refractivity contribution in [1.29, 1.82) is 0 Å². The summed E-state index contributed by atoms with van der Waals surface area (Å²) in [5.74, 6) is 2.78. The van der Waals surface area contributed by atoms with Crippen LogP contribution in [0.4, 0.5) is 0 Å². The van der Waals surface area contributed by atoms with E-state index < -0.39 is 0 Å². The summed E-state index contributed by atoms with van der Waals surface area (Å²) in [6.45, 7) is 0. The Bertz CT molecular complexity index is 310. The van der Waals surface area contributed by atoms with Crippen molar-refractivity contribution in [2.24, 2.45) is 0 Å². The Morgan fingerprint density at radius 1 is 1.31 bits per heavy atom. The minimum atomic E-state index is 0.412. The molecule has 1 heterocycles. The molecule has 1 N–H and O–H groups in total. The van der Waals surface area contributed by atoms with Crippen LogP contribution in [0.5, 0.6) is 5.75 Å². The lowest BCUT2D eigenvalue weighted by Gasteiger charge is -2.10. The molecule has 0 radical (unpaired) electrons. The van der Waals surface area contributed by atoms with Crippen molar-refractivity contribution in [2.75, 3.05) is 11.5 Å². The van der Waals surface area contributed by atoms with E-state index in [4.69, 9.17) is 0 Å². The summed E-state index contributed by atoms with van der Waals surface area (Å²) >= 11 is 7.21. The van der Waals surface area contributed by atoms with Crippen LogP contribution in [0.2, 0.25) is 0 Å². The van der Waals surface area contributed by atoms with Gasteiger partial charge >= 0.3 is 0 Å². The van der Waals surface area contributed by atoms with Gasteiger partial charge in [-0.3, -0.25) is 0 Å². The highest BCUT2D eigenvalue weighted by Crippen LogP contribution is 2.48. The van der Waals surface area contributed by atoms with Crippen molar-refractivity contribution in [2.45, 2.75) is 4.58 Å². The van der Waals surface area contributed by atoms with Crippen molar-refractivity contribution in [3.8, 4) is 5.75 Å². The van der Waals surface area contributed by atoms with Crippen LogP contribution in [-0.4, -0.2) is 16.6 Å². The predicted octanol–water partition coefficient (Wildman–Crippen LogP) is 3.63. The second-order valence-electron chi connectivity index (χ2n) is 2.78. The van der Waals surface area contributed by atoms with Gasteiger partial charge in [-0.25, -0.2) is 0 Å². The molecule has 2 rings (SSSR count). The normalized spacial score (nSPS) is 17.9. The van der Waals surface area contributed by atoms with Crippen molar-refractivity contribution < 1.29 is 5.11 Å². The molecule has 70 valence electrons. The van der Waals surface area contributed by atoms with Gasteiger partial charge in [0.2, 0.25) is 0 Å². The van der Waals surface area contributed by atoms with Gasteiger partial charge in [0, 0.05) is 21.5 Å². The average Bonchev–Trinajstić information content (AvgIpc) is 2.61. The SMILES string of the molecule is Oc1ccc(Br)cc1C1SCCS1. The first-order valence-electron chi connectivity index (χ1n) is 3.99. The van der Waals surface area contributed by atoms with E-state index in [1.165, 1.54) is 11.5 Å². The summed E-state index contributed by atoms with van der Waals surface area (Å²) in [5.41, 5.74) is 1.04. The summed E-state index contributed by atoms with van der Waals surface area (Å²) in [6, 6.07) is 5.62. The fourth-order valence-corrected chi connectivity index (χ4v) is 4.53. The summed E-state index contributed by atoms with van der Waals surface area (Å²) in [7, 11) is 0. The highest BCUT2D eigenvalue weighted by Gasteiger charge is 2.21. The fraction of sp³-hybridized carbons (Fsp3) is 0.333. The molecule has 1 aromatic rings. The van der Waals surface area contributed by atoms with E-state index in [1.807, 2.05) is 35.7 Å². The quantitative estimate of drug-likeness (QED) is 0.846. The van der Waals surface area contributed by atoms with Crippen LogP contribution >= 0.6 is 39.5 Å². The summed E-state index contributed by atoms with van der Waals surface area (Å²) < 4.78 is 1.45. The second kappa shape index (κ2) is 4.15. The first-order valence-corrected chi connectivity index (χ1v) is 6.88. The largest absolute Gasteiger partial charge is 0.508 e. The van der Waals surface area contributed by atoms with Gasteiger partial charge in [-0.15, -0.1) is 23.5 Å². The molecule has 4 heteroatoms. The summed E-state index contributed by atoms with van der Waals surface area (Å²) in [5, 5.41) is 9.65. The number of benzene rings is 1. The zero-order valence-electron chi connectivity index (χ0n) is 6.87. The summed E-state index contributed by atoms with van der Waals surface area (Å²) in [4.78, 5) is 0. The van der Waals surface area contributed by atoms with Crippen LogP contribution in [0.25, 0.3) is 0 Å². The molecular weight excluding hydrogens is 268 g/mol. The molecule has 1 aliphatic heterocycles. The van der Waals surface area contributed by atoms with Crippen LogP contribution in [0.3, 0.4) is 0 Å². The van der Waals surface area contributed by atoms with Gasteiger partial charge in [0.1, 0.15) is 5.75 Å². The molecule has 1 aromatic carbocycles. The van der Waals surface area contributed by atoms with Crippen LogP contribution in [-0.2, 0) is 0 Å². The first kappa shape index (κ1) is 9.74. The van der Waals surface area contributed by atoms with Crippen LogP contribution in [0.15, 0.2) is 22.7 Å². The Hall–Kier alpha value is 0.200. The molecule has 0 aromatic heterocycles. The molecule has 0 bridgehead atoms. The fourth-order valence-electron chi connectivity index (χ4n) is 1.25. The van der Waals surface area contributed by atoms with Crippen molar-refractivity contribution in [3.63, 3.8) is 0 Å². The van der Waals surface area contributed by atoms with E-state index >= 15 is 0 Å². The molecule has 0 aliphatic carbocycles. The van der Waals surface area contributed by atoms with Gasteiger partial charge in [-0.1, -0.05) is 15.9 Å². The lowest BCUT2D eigenvalue weighted by molar-refractivity contribution is 0.470. The monoisotopic (exact) mass is 276 g/mol. The van der Waals surface area contributed by atoms with E-state index in [9.17, 15) is 5.11 Å². The average molecular weight is 277 g/mol. The molecule has 1 aliphatic rings. The molecule has 1 nitrogen and oxygen atoms in total. The lowest BCUT2D eigenvalue weighted by atomic mass is 10.2. The van der Waals surface area contributed by atoms with Gasteiger partial charge in [0.15, 0.2) is 0 Å². The lowest BCUT2D eigenvalue weighted by Crippen LogP contribution is -1.85. The maximum absolute atomic E-state index is 9.65. The van der Waals surface area contributed by atoms with Crippen LogP contribution in [0.1, 0.15) is 10.1 Å². The van der Waals surface area contributed by atoms with Gasteiger partial charge in [0.25, 0.3) is 0 Å². The maximum Gasteiger partial charge on any atom is 0.120 e. The number of thioether (sulfide) groups is 2. The highest BCUT2D eigenvalue weighted by molar-refractivity contribution is 9.10. The number of hydrogen-bond donors (Lipinski definition) is 1. The minimum absolute atomic E-state index is 0.412. The number of phenols is 1. The smallest absolute Gasteiger partial charge is 0.120 e.